The van der Waals surface area contributed by atoms with Gasteiger partial charge in [-0.3, -0.25) is 0 Å². The maximum absolute atomic E-state index is 12.7. The van der Waals surface area contributed by atoms with Crippen LogP contribution in [0.15, 0.2) is 41.8 Å². The average Bonchev–Trinajstić information content (AvgIpc) is 2.29. The average molecular weight is 257 g/mol. The Morgan fingerprint density at radius 3 is 2.47 bits per heavy atom. The van der Waals surface area contributed by atoms with Crippen LogP contribution in [0, 0.1) is 5.82 Å². The Kier molecular flexibility index (Phi) is 4.84. The highest BCUT2D eigenvalue weighted by molar-refractivity contribution is 7.89. The third-order valence-corrected chi connectivity index (χ3v) is 4.27. The number of hydrogen-bond acceptors (Lipinski definition) is 2. The number of benzene rings is 1. The van der Waals surface area contributed by atoms with Crippen molar-refractivity contribution in [2.24, 2.45) is 0 Å². The summed E-state index contributed by atoms with van der Waals surface area (Å²) in [6.07, 6.45) is 3.24. The van der Waals surface area contributed by atoms with Crippen LogP contribution in [0.25, 0.3) is 0 Å². The molecular formula is C12H16FNO2S. The van der Waals surface area contributed by atoms with Crippen molar-refractivity contribution in [2.45, 2.75) is 17.7 Å². The molecular weight excluding hydrogens is 241 g/mol. The lowest BCUT2D eigenvalue weighted by Crippen LogP contribution is -2.27. The van der Waals surface area contributed by atoms with Crippen LogP contribution in [-0.4, -0.2) is 26.3 Å². The molecule has 0 aliphatic carbocycles. The van der Waals surface area contributed by atoms with Crippen LogP contribution >= 0.6 is 0 Å². The van der Waals surface area contributed by atoms with E-state index in [1.54, 1.807) is 6.08 Å². The molecule has 0 amide bonds. The molecule has 1 rings (SSSR count). The minimum Gasteiger partial charge on any atom is -0.207 e. The first kappa shape index (κ1) is 13.9. The maximum atomic E-state index is 12.7. The molecule has 0 aliphatic heterocycles. The number of allylic oxidation sites excluding steroid dienone is 1. The summed E-state index contributed by atoms with van der Waals surface area (Å²) in [4.78, 5) is 0.111. The molecule has 0 N–H and O–H groups in total. The quantitative estimate of drug-likeness (QED) is 0.579. The molecule has 0 atom stereocenters. The summed E-state index contributed by atoms with van der Waals surface area (Å²) in [5.41, 5.74) is 0. The third kappa shape index (κ3) is 3.64. The molecule has 0 fully saturated rings. The lowest BCUT2D eigenvalue weighted by Gasteiger charge is -2.16. The van der Waals surface area contributed by atoms with Gasteiger partial charge in [0.2, 0.25) is 10.0 Å². The van der Waals surface area contributed by atoms with Gasteiger partial charge in [0.05, 0.1) is 4.90 Å². The topological polar surface area (TPSA) is 37.4 Å². The molecule has 0 radical (unpaired) electrons. The molecule has 0 saturated carbocycles. The number of hydrogen-bond donors (Lipinski definition) is 0. The van der Waals surface area contributed by atoms with Crippen molar-refractivity contribution in [3.05, 3.63) is 42.7 Å². The molecule has 0 bridgehead atoms. The van der Waals surface area contributed by atoms with E-state index in [1.807, 2.05) is 0 Å². The molecule has 0 aromatic heterocycles. The lowest BCUT2D eigenvalue weighted by atomic mass is 10.3. The SMILES string of the molecule is C=CCCCN(C)S(=O)(=O)c1ccc(F)cc1. The van der Waals surface area contributed by atoms with Crippen LogP contribution in [0.5, 0.6) is 0 Å². The number of unbranched alkanes of at least 4 members (excludes halogenated alkanes) is 1. The Hall–Kier alpha value is -1.20. The van der Waals surface area contributed by atoms with Gasteiger partial charge < -0.3 is 0 Å². The van der Waals surface area contributed by atoms with Crippen molar-refractivity contribution in [1.29, 1.82) is 0 Å². The zero-order chi connectivity index (χ0) is 12.9. The number of sulfonamides is 1. The Bertz CT molecular complexity index is 468. The normalized spacial score (nSPS) is 11.7. The van der Waals surface area contributed by atoms with Crippen molar-refractivity contribution in [3.63, 3.8) is 0 Å². The molecule has 0 spiro atoms. The summed E-state index contributed by atoms with van der Waals surface area (Å²) in [6.45, 7) is 4.00. The molecule has 0 unspecified atom stereocenters. The summed E-state index contributed by atoms with van der Waals surface area (Å²) in [7, 11) is -1.99. The monoisotopic (exact) mass is 257 g/mol. The second kappa shape index (κ2) is 5.93. The third-order valence-electron chi connectivity index (χ3n) is 2.40. The number of rotatable bonds is 6. The van der Waals surface area contributed by atoms with Gasteiger partial charge in [0.15, 0.2) is 0 Å². The van der Waals surface area contributed by atoms with E-state index < -0.39 is 15.8 Å². The first-order valence-corrected chi connectivity index (χ1v) is 6.75. The van der Waals surface area contributed by atoms with Gasteiger partial charge >= 0.3 is 0 Å². The van der Waals surface area contributed by atoms with E-state index in [9.17, 15) is 12.8 Å². The second-order valence-corrected chi connectivity index (χ2v) is 5.76. The predicted octanol–water partition coefficient (Wildman–Crippen LogP) is 2.41. The van der Waals surface area contributed by atoms with E-state index in [2.05, 4.69) is 6.58 Å². The largest absolute Gasteiger partial charge is 0.242 e. The van der Waals surface area contributed by atoms with E-state index >= 15 is 0 Å². The Balaban J connectivity index is 2.80. The minimum absolute atomic E-state index is 0.111. The molecule has 3 nitrogen and oxygen atoms in total. The first-order chi connectivity index (χ1) is 7.98. The molecule has 0 saturated heterocycles. The first-order valence-electron chi connectivity index (χ1n) is 5.31. The van der Waals surface area contributed by atoms with E-state index in [4.69, 9.17) is 0 Å². The fourth-order valence-electron chi connectivity index (χ4n) is 1.36. The van der Waals surface area contributed by atoms with Gasteiger partial charge in [-0.15, -0.1) is 6.58 Å². The molecule has 0 heterocycles. The van der Waals surface area contributed by atoms with Crippen LogP contribution in [0.3, 0.4) is 0 Å². The fraction of sp³-hybridized carbons (Fsp3) is 0.333. The van der Waals surface area contributed by atoms with Crippen molar-refractivity contribution in [2.75, 3.05) is 13.6 Å². The summed E-state index contributed by atoms with van der Waals surface area (Å²) < 4.78 is 38.0. The standard InChI is InChI=1S/C12H16FNO2S/c1-3-4-5-10-14(2)17(15,16)12-8-6-11(13)7-9-12/h3,6-9H,1,4-5,10H2,2H3. The van der Waals surface area contributed by atoms with Crippen molar-refractivity contribution < 1.29 is 12.8 Å². The van der Waals surface area contributed by atoms with Crippen LogP contribution in [0.2, 0.25) is 0 Å². The predicted molar refractivity (Wildman–Crippen MR) is 65.6 cm³/mol. The maximum Gasteiger partial charge on any atom is 0.242 e. The zero-order valence-corrected chi connectivity index (χ0v) is 10.6. The second-order valence-electron chi connectivity index (χ2n) is 3.71. The van der Waals surface area contributed by atoms with Crippen molar-refractivity contribution in [3.8, 4) is 0 Å². The molecule has 94 valence electrons. The van der Waals surface area contributed by atoms with Crippen LogP contribution in [0.1, 0.15) is 12.8 Å². The number of halogens is 1. The Morgan fingerprint density at radius 1 is 1.35 bits per heavy atom. The Morgan fingerprint density at radius 2 is 1.94 bits per heavy atom. The summed E-state index contributed by atoms with van der Waals surface area (Å²) in [5.74, 6) is -0.446. The molecule has 5 heteroatoms. The molecule has 1 aromatic rings. The minimum atomic E-state index is -3.50. The van der Waals surface area contributed by atoms with Crippen LogP contribution < -0.4 is 0 Å². The van der Waals surface area contributed by atoms with E-state index in [-0.39, 0.29) is 4.90 Å². The van der Waals surface area contributed by atoms with Gasteiger partial charge in [0.25, 0.3) is 0 Å². The molecule has 1 aromatic carbocycles. The van der Waals surface area contributed by atoms with Gasteiger partial charge in [-0.2, -0.15) is 0 Å². The summed E-state index contributed by atoms with van der Waals surface area (Å²) >= 11 is 0. The lowest BCUT2D eigenvalue weighted by molar-refractivity contribution is 0.462. The van der Waals surface area contributed by atoms with Gasteiger partial charge in [-0.1, -0.05) is 6.08 Å². The van der Waals surface area contributed by atoms with Crippen LogP contribution in [0.4, 0.5) is 4.39 Å². The van der Waals surface area contributed by atoms with E-state index in [1.165, 1.54) is 23.5 Å². The summed E-state index contributed by atoms with van der Waals surface area (Å²) in [6, 6.07) is 4.83. The fourth-order valence-corrected chi connectivity index (χ4v) is 2.57. The van der Waals surface area contributed by atoms with E-state index in [0.29, 0.717) is 6.54 Å². The van der Waals surface area contributed by atoms with Crippen molar-refractivity contribution in [1.82, 2.24) is 4.31 Å². The van der Waals surface area contributed by atoms with Gasteiger partial charge in [0.1, 0.15) is 5.82 Å². The Labute approximate surface area is 102 Å². The highest BCUT2D eigenvalue weighted by Crippen LogP contribution is 2.15. The van der Waals surface area contributed by atoms with Gasteiger partial charge in [-0.05, 0) is 37.1 Å². The smallest absolute Gasteiger partial charge is 0.207 e. The zero-order valence-electron chi connectivity index (χ0n) is 9.77. The molecule has 0 aliphatic rings. The van der Waals surface area contributed by atoms with E-state index in [0.717, 1.165) is 25.0 Å². The number of nitrogens with zero attached hydrogens (tertiary/aromatic N) is 1. The highest BCUT2D eigenvalue weighted by Gasteiger charge is 2.19. The summed E-state index contributed by atoms with van der Waals surface area (Å²) in [5, 5.41) is 0. The van der Waals surface area contributed by atoms with Gasteiger partial charge in [-0.25, -0.2) is 17.1 Å². The highest BCUT2D eigenvalue weighted by atomic mass is 32.2. The van der Waals surface area contributed by atoms with Crippen molar-refractivity contribution >= 4 is 10.0 Å². The van der Waals surface area contributed by atoms with Crippen LogP contribution in [-0.2, 0) is 10.0 Å². The van der Waals surface area contributed by atoms with Gasteiger partial charge in [0, 0.05) is 13.6 Å². The molecule has 17 heavy (non-hydrogen) atoms.